The summed E-state index contributed by atoms with van der Waals surface area (Å²) in [5.41, 5.74) is -1.26. The van der Waals surface area contributed by atoms with E-state index in [9.17, 15) is 13.6 Å². The predicted octanol–water partition coefficient (Wildman–Crippen LogP) is 1.57. The number of carbonyl (C=O) groups is 1. The number of rotatable bonds is 2. The van der Waals surface area contributed by atoms with Crippen molar-refractivity contribution in [3.8, 4) is 0 Å². The highest BCUT2D eigenvalue weighted by molar-refractivity contribution is 7.77. The topological polar surface area (TPSA) is 69.7 Å². The highest BCUT2D eigenvalue weighted by Crippen LogP contribution is 2.39. The molecule has 0 saturated heterocycles. The molecular weight excluding hydrogens is 218 g/mol. The maximum absolute atomic E-state index is 11.6. The zero-order chi connectivity index (χ0) is 11.9. The Morgan fingerprint density at radius 2 is 1.93 bits per heavy atom. The number of hydrogen-bond acceptors (Lipinski definition) is 4. The quantitative estimate of drug-likeness (QED) is 0.680. The third-order valence-electron chi connectivity index (χ3n) is 2.21. The molecule has 5 nitrogen and oxygen atoms in total. The lowest BCUT2D eigenvalue weighted by molar-refractivity contribution is 0.0611. The first-order valence-corrected chi connectivity index (χ1v) is 5.81. The smallest absolute Gasteiger partial charge is 0.421 e. The summed E-state index contributed by atoms with van der Waals surface area (Å²) in [6, 6.07) is 0. The molecule has 1 amide bonds. The minimum atomic E-state index is -2.60. The molecule has 0 aromatic heterocycles. The molecule has 0 N–H and O–H groups in total. The van der Waals surface area contributed by atoms with Gasteiger partial charge in [-0.2, -0.15) is 0 Å². The van der Waals surface area contributed by atoms with E-state index in [-0.39, 0.29) is 0 Å². The van der Waals surface area contributed by atoms with Crippen molar-refractivity contribution in [1.82, 2.24) is 4.31 Å². The maximum Gasteiger partial charge on any atom is 0.421 e. The van der Waals surface area contributed by atoms with Gasteiger partial charge in [-0.05, 0) is 40.5 Å². The summed E-state index contributed by atoms with van der Waals surface area (Å²) in [6.07, 6.45) is 0.792. The molecule has 1 aliphatic rings. The second-order valence-corrected chi connectivity index (χ2v) is 5.80. The van der Waals surface area contributed by atoms with Gasteiger partial charge in [-0.1, -0.05) is 0 Å². The van der Waals surface area contributed by atoms with Gasteiger partial charge >= 0.3 is 6.09 Å². The molecule has 1 atom stereocenters. The second-order valence-electron chi connectivity index (χ2n) is 5.00. The van der Waals surface area contributed by atoms with Gasteiger partial charge in [-0.15, -0.1) is 0 Å². The van der Waals surface area contributed by atoms with E-state index in [0.29, 0.717) is 0 Å². The fourth-order valence-electron chi connectivity index (χ4n) is 1.09. The minimum Gasteiger partial charge on any atom is -0.755 e. The Bertz CT molecular complexity index is 293. The summed E-state index contributed by atoms with van der Waals surface area (Å²) in [5, 5.41) is 0. The van der Waals surface area contributed by atoms with Gasteiger partial charge in [-0.3, -0.25) is 4.21 Å². The Morgan fingerprint density at radius 1 is 1.47 bits per heavy atom. The zero-order valence-corrected chi connectivity index (χ0v) is 10.2. The molecule has 1 fully saturated rings. The highest BCUT2D eigenvalue weighted by Gasteiger charge is 2.44. The Balaban J connectivity index is 2.72. The number of amides is 1. The van der Waals surface area contributed by atoms with Crippen LogP contribution in [0.25, 0.3) is 0 Å². The minimum absolute atomic E-state index is 0.458. The number of carbonyl (C=O) groups excluding carboxylic acids is 1. The van der Waals surface area contributed by atoms with Crippen LogP contribution in [0, 0.1) is 0 Å². The van der Waals surface area contributed by atoms with Crippen molar-refractivity contribution >= 4 is 17.4 Å². The number of hydrogen-bond donors (Lipinski definition) is 0. The summed E-state index contributed by atoms with van der Waals surface area (Å²) in [4.78, 5) is 11.6. The molecule has 1 saturated carbocycles. The summed E-state index contributed by atoms with van der Waals surface area (Å²) >= 11 is -2.60. The molecule has 1 rings (SSSR count). The van der Waals surface area contributed by atoms with Gasteiger partial charge in [0.1, 0.15) is 5.60 Å². The van der Waals surface area contributed by atoms with Gasteiger partial charge in [0.15, 0.2) is 0 Å². The van der Waals surface area contributed by atoms with Crippen LogP contribution in [0.3, 0.4) is 0 Å². The van der Waals surface area contributed by atoms with Crippen molar-refractivity contribution in [3.63, 3.8) is 0 Å². The maximum atomic E-state index is 11.6. The highest BCUT2D eigenvalue weighted by atomic mass is 32.2. The summed E-state index contributed by atoms with van der Waals surface area (Å²) in [7, 11) is 0. The first kappa shape index (κ1) is 12.4. The third-order valence-corrected chi connectivity index (χ3v) is 3.21. The normalized spacial score (nSPS) is 20.6. The number of ether oxygens (including phenoxy) is 1. The van der Waals surface area contributed by atoms with Crippen LogP contribution >= 0.6 is 0 Å². The molecule has 0 radical (unpaired) electrons. The molecule has 0 aromatic rings. The van der Waals surface area contributed by atoms with E-state index < -0.39 is 28.5 Å². The lowest BCUT2D eigenvalue weighted by atomic mass is 10.1. The van der Waals surface area contributed by atoms with Gasteiger partial charge < -0.3 is 9.29 Å². The van der Waals surface area contributed by atoms with Crippen molar-refractivity contribution in [2.24, 2.45) is 0 Å². The van der Waals surface area contributed by atoms with E-state index in [4.69, 9.17) is 4.74 Å². The Hall–Kier alpha value is -0.620. The molecule has 0 aromatic carbocycles. The lowest BCUT2D eigenvalue weighted by Gasteiger charge is -2.36. The Morgan fingerprint density at radius 3 is 2.20 bits per heavy atom. The van der Waals surface area contributed by atoms with E-state index in [2.05, 4.69) is 0 Å². The second kappa shape index (κ2) is 3.75. The van der Waals surface area contributed by atoms with Gasteiger partial charge in [0.25, 0.3) is 0 Å². The summed E-state index contributed by atoms with van der Waals surface area (Å²) in [5.74, 6) is 0. The first-order valence-electron chi connectivity index (χ1n) is 4.78. The van der Waals surface area contributed by atoms with Gasteiger partial charge in [-0.25, -0.2) is 9.10 Å². The molecule has 1 aliphatic carbocycles. The van der Waals surface area contributed by atoms with Crippen LogP contribution in [0.5, 0.6) is 0 Å². The average Bonchev–Trinajstić information content (AvgIpc) is 2.61. The van der Waals surface area contributed by atoms with E-state index in [0.717, 1.165) is 17.1 Å². The number of nitrogens with zero attached hydrogens (tertiary/aromatic N) is 1. The fourth-order valence-corrected chi connectivity index (χ4v) is 1.69. The lowest BCUT2D eigenvalue weighted by Crippen LogP contribution is -2.47. The molecule has 1 unspecified atom stereocenters. The molecule has 15 heavy (non-hydrogen) atoms. The monoisotopic (exact) mass is 234 g/mol. The Labute approximate surface area is 92.2 Å². The third kappa shape index (κ3) is 3.17. The first-order chi connectivity index (χ1) is 6.66. The van der Waals surface area contributed by atoms with Crippen LogP contribution < -0.4 is 0 Å². The molecule has 0 heterocycles. The standard InChI is InChI=1S/C9H17NO4S/c1-8(2,3)10(15(12)13)7(11)14-9(4)5-6-9/h5-6H2,1-4H3,(H,12,13)/p-1. The molecular formula is C9H16NO4S-. The molecule has 0 spiro atoms. The van der Waals surface area contributed by atoms with Crippen LogP contribution in [-0.4, -0.2) is 30.3 Å². The van der Waals surface area contributed by atoms with Gasteiger partial charge in [0, 0.05) is 0 Å². The zero-order valence-electron chi connectivity index (χ0n) is 9.40. The van der Waals surface area contributed by atoms with Crippen LogP contribution in [0.15, 0.2) is 0 Å². The van der Waals surface area contributed by atoms with Crippen molar-refractivity contribution in [1.29, 1.82) is 0 Å². The molecule has 6 heteroatoms. The van der Waals surface area contributed by atoms with Crippen molar-refractivity contribution in [3.05, 3.63) is 0 Å². The molecule has 0 aliphatic heterocycles. The van der Waals surface area contributed by atoms with Gasteiger partial charge in [0.2, 0.25) is 0 Å². The van der Waals surface area contributed by atoms with E-state index in [1.807, 2.05) is 0 Å². The van der Waals surface area contributed by atoms with Crippen molar-refractivity contribution in [2.45, 2.75) is 51.7 Å². The van der Waals surface area contributed by atoms with Crippen LogP contribution in [0.2, 0.25) is 0 Å². The van der Waals surface area contributed by atoms with E-state index in [1.54, 1.807) is 27.7 Å². The van der Waals surface area contributed by atoms with Crippen molar-refractivity contribution in [2.75, 3.05) is 0 Å². The fraction of sp³-hybridized carbons (Fsp3) is 0.889. The van der Waals surface area contributed by atoms with Crippen LogP contribution in [-0.2, 0) is 16.0 Å². The van der Waals surface area contributed by atoms with Crippen LogP contribution in [0.4, 0.5) is 4.79 Å². The van der Waals surface area contributed by atoms with E-state index >= 15 is 0 Å². The summed E-state index contributed by atoms with van der Waals surface area (Å²) < 4.78 is 27.6. The average molecular weight is 234 g/mol. The molecule has 0 bridgehead atoms. The summed E-state index contributed by atoms with van der Waals surface area (Å²) in [6.45, 7) is 6.71. The van der Waals surface area contributed by atoms with E-state index in [1.165, 1.54) is 0 Å². The Kier molecular flexibility index (Phi) is 3.11. The van der Waals surface area contributed by atoms with Crippen molar-refractivity contribution < 1.29 is 18.3 Å². The SMILES string of the molecule is CC1(OC(=O)N(S(=O)[O-])C(C)(C)C)CC1. The van der Waals surface area contributed by atoms with Crippen LogP contribution in [0.1, 0.15) is 40.5 Å². The largest absolute Gasteiger partial charge is 0.755 e. The molecule has 88 valence electrons. The predicted molar refractivity (Wildman–Crippen MR) is 54.6 cm³/mol. The van der Waals surface area contributed by atoms with Gasteiger partial charge in [0.05, 0.1) is 16.8 Å².